The van der Waals surface area contributed by atoms with E-state index in [1.54, 1.807) is 26.5 Å². The van der Waals surface area contributed by atoms with E-state index in [4.69, 9.17) is 13.9 Å². The zero-order valence-electron chi connectivity index (χ0n) is 23.8. The van der Waals surface area contributed by atoms with Gasteiger partial charge < -0.3 is 18.8 Å². The molecule has 1 aliphatic heterocycles. The summed E-state index contributed by atoms with van der Waals surface area (Å²) in [7, 11) is 3.21. The molecule has 0 bridgehead atoms. The monoisotopic (exact) mass is 559 g/mol. The summed E-state index contributed by atoms with van der Waals surface area (Å²) in [5.74, 6) is 2.21. The number of hydrogen-bond acceptors (Lipinski definition) is 6. The summed E-state index contributed by atoms with van der Waals surface area (Å²) in [6.45, 7) is 2.79. The quantitative estimate of drug-likeness (QED) is 0.214. The van der Waals surface area contributed by atoms with Crippen LogP contribution in [-0.4, -0.2) is 61.1 Å². The summed E-state index contributed by atoms with van der Waals surface area (Å²) >= 11 is 0. The SMILES string of the molecule is COc1ccc(-c2cnc(-c3ccccc3C(=O)N3CCN(C(c4ccccc4)c4ccccc4)CC3)o2)c(OC)c1. The highest BCUT2D eigenvalue weighted by Crippen LogP contribution is 2.36. The molecule has 2 heterocycles. The third-order valence-electron chi connectivity index (χ3n) is 7.76. The molecule has 0 atom stereocenters. The minimum absolute atomic E-state index is 0.0250. The van der Waals surface area contributed by atoms with Crippen LogP contribution in [0.1, 0.15) is 27.5 Å². The molecule has 1 fully saturated rings. The van der Waals surface area contributed by atoms with E-state index < -0.39 is 0 Å². The van der Waals surface area contributed by atoms with Gasteiger partial charge in [-0.05, 0) is 35.4 Å². The first kappa shape index (κ1) is 27.3. The summed E-state index contributed by atoms with van der Waals surface area (Å²) in [4.78, 5) is 22.8. The fourth-order valence-electron chi connectivity index (χ4n) is 5.62. The second-order valence-electron chi connectivity index (χ2n) is 10.2. The minimum atomic E-state index is -0.0250. The van der Waals surface area contributed by atoms with Crippen LogP contribution < -0.4 is 9.47 Å². The number of ether oxygens (including phenoxy) is 2. The highest BCUT2D eigenvalue weighted by Gasteiger charge is 2.30. The summed E-state index contributed by atoms with van der Waals surface area (Å²) < 4.78 is 17.0. The van der Waals surface area contributed by atoms with Crippen molar-refractivity contribution in [2.75, 3.05) is 40.4 Å². The van der Waals surface area contributed by atoms with Gasteiger partial charge in [0.1, 0.15) is 11.5 Å². The average Bonchev–Trinajstić information content (AvgIpc) is 3.56. The molecule has 1 amide bonds. The van der Waals surface area contributed by atoms with Crippen LogP contribution in [0.2, 0.25) is 0 Å². The molecule has 7 heteroatoms. The van der Waals surface area contributed by atoms with E-state index in [9.17, 15) is 4.79 Å². The van der Waals surface area contributed by atoms with Crippen molar-refractivity contribution in [3.05, 3.63) is 126 Å². The van der Waals surface area contributed by atoms with Crippen LogP contribution in [0.4, 0.5) is 0 Å². The van der Waals surface area contributed by atoms with Gasteiger partial charge in [-0.15, -0.1) is 0 Å². The zero-order valence-corrected chi connectivity index (χ0v) is 23.8. The molecule has 42 heavy (non-hydrogen) atoms. The number of rotatable bonds is 8. The van der Waals surface area contributed by atoms with Crippen molar-refractivity contribution in [3.63, 3.8) is 0 Å². The Morgan fingerprint density at radius 2 is 1.40 bits per heavy atom. The number of carbonyl (C=O) groups excluding carboxylic acids is 1. The number of benzene rings is 4. The molecule has 0 aliphatic carbocycles. The van der Waals surface area contributed by atoms with E-state index in [1.807, 2.05) is 53.4 Å². The van der Waals surface area contributed by atoms with E-state index in [0.29, 0.717) is 47.4 Å². The molecule has 0 radical (unpaired) electrons. The predicted octanol–water partition coefficient (Wildman–Crippen LogP) is 6.57. The second-order valence-corrected chi connectivity index (χ2v) is 10.2. The fraction of sp³-hybridized carbons (Fsp3) is 0.200. The fourth-order valence-corrected chi connectivity index (χ4v) is 5.62. The first-order chi connectivity index (χ1) is 20.7. The van der Waals surface area contributed by atoms with Crippen LogP contribution in [-0.2, 0) is 0 Å². The van der Waals surface area contributed by atoms with Crippen LogP contribution in [0.5, 0.6) is 11.5 Å². The lowest BCUT2D eigenvalue weighted by Gasteiger charge is -2.40. The topological polar surface area (TPSA) is 68.0 Å². The maximum atomic E-state index is 13.9. The van der Waals surface area contributed by atoms with E-state index in [0.717, 1.165) is 18.7 Å². The molecule has 0 spiro atoms. The van der Waals surface area contributed by atoms with Gasteiger partial charge in [-0.25, -0.2) is 4.98 Å². The van der Waals surface area contributed by atoms with Crippen LogP contribution in [0.25, 0.3) is 22.8 Å². The number of oxazole rings is 1. The summed E-state index contributed by atoms with van der Waals surface area (Å²) in [6, 6.07) is 34.3. The number of nitrogens with zero attached hydrogens (tertiary/aromatic N) is 3. The Hall–Kier alpha value is -4.88. The maximum absolute atomic E-state index is 13.9. The van der Waals surface area contributed by atoms with Crippen molar-refractivity contribution in [1.29, 1.82) is 0 Å². The molecular weight excluding hydrogens is 526 g/mol. The Morgan fingerprint density at radius 3 is 2.05 bits per heavy atom. The smallest absolute Gasteiger partial charge is 0.254 e. The average molecular weight is 560 g/mol. The van der Waals surface area contributed by atoms with Crippen LogP contribution in [0, 0.1) is 0 Å². The highest BCUT2D eigenvalue weighted by atomic mass is 16.5. The first-order valence-corrected chi connectivity index (χ1v) is 14.1. The Labute approximate surface area is 245 Å². The van der Waals surface area contributed by atoms with Crippen molar-refractivity contribution in [3.8, 4) is 34.3 Å². The molecule has 1 aliphatic rings. The lowest BCUT2D eigenvalue weighted by molar-refractivity contribution is 0.0598. The van der Waals surface area contributed by atoms with Crippen LogP contribution in [0.3, 0.4) is 0 Å². The molecule has 212 valence electrons. The Kier molecular flexibility index (Phi) is 8.01. The van der Waals surface area contributed by atoms with Crippen molar-refractivity contribution in [2.45, 2.75) is 6.04 Å². The van der Waals surface area contributed by atoms with E-state index in [-0.39, 0.29) is 11.9 Å². The largest absolute Gasteiger partial charge is 0.497 e. The zero-order chi connectivity index (χ0) is 28.9. The molecule has 0 saturated carbocycles. The van der Waals surface area contributed by atoms with Crippen molar-refractivity contribution < 1.29 is 18.7 Å². The number of piperazine rings is 1. The molecule has 7 nitrogen and oxygen atoms in total. The second kappa shape index (κ2) is 12.3. The predicted molar refractivity (Wildman–Crippen MR) is 163 cm³/mol. The Balaban J connectivity index is 1.21. The number of methoxy groups -OCH3 is 2. The van der Waals surface area contributed by atoms with E-state index >= 15 is 0 Å². The number of aromatic nitrogens is 1. The van der Waals surface area contributed by atoms with Gasteiger partial charge in [-0.1, -0.05) is 72.8 Å². The molecule has 6 rings (SSSR count). The molecule has 0 N–H and O–H groups in total. The van der Waals surface area contributed by atoms with E-state index in [2.05, 4.69) is 58.4 Å². The van der Waals surface area contributed by atoms with Gasteiger partial charge in [0.15, 0.2) is 5.76 Å². The van der Waals surface area contributed by atoms with Gasteiger partial charge in [0.25, 0.3) is 5.91 Å². The number of amides is 1. The van der Waals surface area contributed by atoms with E-state index in [1.165, 1.54) is 11.1 Å². The number of hydrogen-bond donors (Lipinski definition) is 0. The Bertz CT molecular complexity index is 1600. The Morgan fingerprint density at radius 1 is 0.762 bits per heavy atom. The third kappa shape index (κ3) is 5.51. The molecule has 5 aromatic rings. The van der Waals surface area contributed by atoms with Crippen LogP contribution in [0.15, 0.2) is 114 Å². The molecule has 1 saturated heterocycles. The van der Waals surface area contributed by atoms with Crippen molar-refractivity contribution >= 4 is 5.91 Å². The van der Waals surface area contributed by atoms with Gasteiger partial charge in [0, 0.05) is 37.8 Å². The normalized spacial score (nSPS) is 13.7. The van der Waals surface area contributed by atoms with Crippen LogP contribution >= 0.6 is 0 Å². The summed E-state index contributed by atoms with van der Waals surface area (Å²) in [5, 5.41) is 0. The van der Waals surface area contributed by atoms with Gasteiger partial charge in [-0.3, -0.25) is 9.69 Å². The van der Waals surface area contributed by atoms with Crippen molar-refractivity contribution in [1.82, 2.24) is 14.8 Å². The lowest BCUT2D eigenvalue weighted by atomic mass is 9.96. The summed E-state index contributed by atoms with van der Waals surface area (Å²) in [5.41, 5.74) is 4.49. The molecule has 4 aromatic carbocycles. The standard InChI is InChI=1S/C35H33N3O4/c1-40-27-17-18-30(31(23-27)41-2)32-24-36-34(42-32)28-15-9-10-16-29(28)35(39)38-21-19-37(20-22-38)33(25-11-5-3-6-12-25)26-13-7-4-8-14-26/h3-18,23-24,33H,19-22H2,1-2H3. The molecule has 0 unspecified atom stereocenters. The summed E-state index contributed by atoms with van der Waals surface area (Å²) in [6.07, 6.45) is 1.66. The minimum Gasteiger partial charge on any atom is -0.497 e. The molecular formula is C35H33N3O4. The first-order valence-electron chi connectivity index (χ1n) is 14.1. The van der Waals surface area contributed by atoms with Gasteiger partial charge in [0.05, 0.1) is 37.6 Å². The lowest BCUT2D eigenvalue weighted by Crippen LogP contribution is -2.50. The van der Waals surface area contributed by atoms with Gasteiger partial charge in [0.2, 0.25) is 5.89 Å². The van der Waals surface area contributed by atoms with Gasteiger partial charge >= 0.3 is 0 Å². The maximum Gasteiger partial charge on any atom is 0.254 e. The number of carbonyl (C=O) groups is 1. The van der Waals surface area contributed by atoms with Gasteiger partial charge in [-0.2, -0.15) is 0 Å². The van der Waals surface area contributed by atoms with Crippen molar-refractivity contribution in [2.24, 2.45) is 0 Å². The molecule has 1 aromatic heterocycles. The third-order valence-corrected chi connectivity index (χ3v) is 7.76. The highest BCUT2D eigenvalue weighted by molar-refractivity contribution is 6.00.